The first-order valence-corrected chi connectivity index (χ1v) is 6.81. The Balaban J connectivity index is 0.00000200. The minimum absolute atomic E-state index is 0. The van der Waals surface area contributed by atoms with Crippen molar-refractivity contribution in [1.29, 1.82) is 0 Å². The van der Waals surface area contributed by atoms with Crippen LogP contribution in [-0.4, -0.2) is 26.2 Å². The molecule has 4 nitrogen and oxygen atoms in total. The lowest BCUT2D eigenvalue weighted by Crippen LogP contribution is -2.38. The van der Waals surface area contributed by atoms with E-state index in [1.807, 2.05) is 18.2 Å². The van der Waals surface area contributed by atoms with Crippen LogP contribution in [0.3, 0.4) is 0 Å². The number of hydrogen-bond donors (Lipinski definition) is 2. The Hall–Kier alpha value is -0.690. The van der Waals surface area contributed by atoms with Crippen LogP contribution in [0, 0.1) is 5.92 Å². The molecule has 2 atom stereocenters. The van der Waals surface area contributed by atoms with Gasteiger partial charge in [0.15, 0.2) is 5.96 Å². The molecule has 0 aliphatic heterocycles. The molecule has 2 unspecified atom stereocenters. The second kappa shape index (κ2) is 7.93. The molecule has 0 spiro atoms. The highest BCUT2D eigenvalue weighted by molar-refractivity contribution is 14.0. The Morgan fingerprint density at radius 1 is 1.50 bits per heavy atom. The van der Waals surface area contributed by atoms with Crippen LogP contribution in [-0.2, 0) is 6.54 Å². The first kappa shape index (κ1) is 17.4. The Bertz CT molecular complexity index is 481. The van der Waals surface area contributed by atoms with Crippen LogP contribution >= 0.6 is 35.6 Å². The first-order chi connectivity index (χ1) is 9.13. The molecule has 1 fully saturated rings. The van der Waals surface area contributed by atoms with Crippen LogP contribution in [0.5, 0.6) is 5.75 Å². The number of benzene rings is 1. The van der Waals surface area contributed by atoms with E-state index in [1.54, 1.807) is 14.2 Å². The van der Waals surface area contributed by atoms with Crippen molar-refractivity contribution in [3.8, 4) is 5.75 Å². The Morgan fingerprint density at radius 2 is 2.20 bits per heavy atom. The highest BCUT2D eigenvalue weighted by Gasteiger charge is 2.33. The van der Waals surface area contributed by atoms with Crippen LogP contribution in [0.15, 0.2) is 23.2 Å². The summed E-state index contributed by atoms with van der Waals surface area (Å²) in [6, 6.07) is 6.19. The van der Waals surface area contributed by atoms with Gasteiger partial charge in [0.25, 0.3) is 0 Å². The van der Waals surface area contributed by atoms with Gasteiger partial charge in [0.2, 0.25) is 0 Å². The summed E-state index contributed by atoms with van der Waals surface area (Å²) < 4.78 is 5.32. The molecule has 0 heterocycles. The lowest BCUT2D eigenvalue weighted by molar-refractivity contribution is 0.409. The highest BCUT2D eigenvalue weighted by Crippen LogP contribution is 2.28. The van der Waals surface area contributed by atoms with Crippen molar-refractivity contribution in [2.24, 2.45) is 10.9 Å². The van der Waals surface area contributed by atoms with Crippen molar-refractivity contribution in [3.63, 3.8) is 0 Å². The van der Waals surface area contributed by atoms with Crippen molar-refractivity contribution in [1.82, 2.24) is 10.6 Å². The molecular weight excluding hydrogens is 389 g/mol. The van der Waals surface area contributed by atoms with Gasteiger partial charge in [-0.3, -0.25) is 4.99 Å². The molecule has 1 saturated carbocycles. The van der Waals surface area contributed by atoms with Crippen molar-refractivity contribution in [3.05, 3.63) is 28.8 Å². The molecule has 6 heteroatoms. The Morgan fingerprint density at radius 3 is 2.75 bits per heavy atom. The summed E-state index contributed by atoms with van der Waals surface area (Å²) in [7, 11) is 3.43. The number of halogens is 2. The quantitative estimate of drug-likeness (QED) is 0.456. The molecule has 0 amide bonds. The predicted molar refractivity (Wildman–Crippen MR) is 94.3 cm³/mol. The van der Waals surface area contributed by atoms with E-state index in [1.165, 1.54) is 6.42 Å². The molecule has 2 rings (SSSR count). The monoisotopic (exact) mass is 409 g/mol. The molecule has 20 heavy (non-hydrogen) atoms. The fourth-order valence-corrected chi connectivity index (χ4v) is 2.10. The zero-order valence-electron chi connectivity index (χ0n) is 11.9. The third-order valence-electron chi connectivity index (χ3n) is 3.35. The fraction of sp³-hybridized carbons (Fsp3) is 0.500. The van der Waals surface area contributed by atoms with Gasteiger partial charge in [0.1, 0.15) is 5.75 Å². The van der Waals surface area contributed by atoms with Gasteiger partial charge in [-0.25, -0.2) is 0 Å². The van der Waals surface area contributed by atoms with Crippen molar-refractivity contribution >= 4 is 41.5 Å². The predicted octanol–water partition coefficient (Wildman–Crippen LogP) is 3.04. The molecule has 1 aromatic carbocycles. The van der Waals surface area contributed by atoms with E-state index in [0.29, 0.717) is 17.6 Å². The number of methoxy groups -OCH3 is 1. The van der Waals surface area contributed by atoms with E-state index in [4.69, 9.17) is 16.3 Å². The number of nitrogens with one attached hydrogen (secondary N) is 2. The molecular formula is C14H21ClIN3O. The molecule has 0 bridgehead atoms. The number of guanidine groups is 1. The zero-order valence-corrected chi connectivity index (χ0v) is 15.0. The van der Waals surface area contributed by atoms with Crippen LogP contribution in [0.4, 0.5) is 0 Å². The van der Waals surface area contributed by atoms with E-state index >= 15 is 0 Å². The Kier molecular flexibility index (Phi) is 6.88. The minimum atomic E-state index is 0. The number of aliphatic imine (C=N–C) groups is 1. The second-order valence-corrected chi connectivity index (χ2v) is 5.28. The van der Waals surface area contributed by atoms with Gasteiger partial charge in [-0.2, -0.15) is 0 Å². The average molecular weight is 410 g/mol. The maximum Gasteiger partial charge on any atom is 0.191 e. The van der Waals surface area contributed by atoms with Gasteiger partial charge in [-0.1, -0.05) is 24.6 Å². The molecule has 0 radical (unpaired) electrons. The molecule has 1 aliphatic carbocycles. The van der Waals surface area contributed by atoms with Gasteiger partial charge in [0, 0.05) is 30.2 Å². The molecule has 2 N–H and O–H groups in total. The molecule has 1 aromatic rings. The van der Waals surface area contributed by atoms with Crippen LogP contribution in [0.25, 0.3) is 0 Å². The summed E-state index contributed by atoms with van der Waals surface area (Å²) in [5.74, 6) is 2.35. The van der Waals surface area contributed by atoms with Crippen molar-refractivity contribution in [2.45, 2.75) is 25.9 Å². The summed E-state index contributed by atoms with van der Waals surface area (Å²) in [6.45, 7) is 2.88. The second-order valence-electron chi connectivity index (χ2n) is 4.85. The molecule has 1 aliphatic rings. The lowest BCUT2D eigenvalue weighted by atomic mass is 10.2. The number of nitrogens with zero attached hydrogens (tertiary/aromatic N) is 1. The molecule has 0 saturated heterocycles. The maximum absolute atomic E-state index is 5.94. The summed E-state index contributed by atoms with van der Waals surface area (Å²) >= 11 is 5.94. The van der Waals surface area contributed by atoms with E-state index in [0.717, 1.165) is 23.2 Å². The van der Waals surface area contributed by atoms with Crippen molar-refractivity contribution in [2.75, 3.05) is 14.2 Å². The molecule has 112 valence electrons. The highest BCUT2D eigenvalue weighted by atomic mass is 127. The maximum atomic E-state index is 5.94. The number of ether oxygens (including phenoxy) is 1. The van der Waals surface area contributed by atoms with Gasteiger partial charge in [0.05, 0.1) is 7.11 Å². The summed E-state index contributed by atoms with van der Waals surface area (Å²) in [5, 5.41) is 7.34. The van der Waals surface area contributed by atoms with Crippen LogP contribution < -0.4 is 15.4 Å². The van der Waals surface area contributed by atoms with Crippen LogP contribution in [0.2, 0.25) is 5.02 Å². The van der Waals surface area contributed by atoms with Gasteiger partial charge < -0.3 is 15.4 Å². The van der Waals surface area contributed by atoms with E-state index in [9.17, 15) is 0 Å². The van der Waals surface area contributed by atoms with E-state index in [-0.39, 0.29) is 24.0 Å². The summed E-state index contributed by atoms with van der Waals surface area (Å²) in [4.78, 5) is 4.22. The third kappa shape index (κ3) is 4.70. The Labute approximate surface area is 142 Å². The average Bonchev–Trinajstić information content (AvgIpc) is 3.10. The lowest BCUT2D eigenvalue weighted by Gasteiger charge is -2.13. The third-order valence-corrected chi connectivity index (χ3v) is 3.59. The van der Waals surface area contributed by atoms with E-state index < -0.39 is 0 Å². The van der Waals surface area contributed by atoms with Gasteiger partial charge in [-0.15, -0.1) is 24.0 Å². The topological polar surface area (TPSA) is 45.7 Å². The first-order valence-electron chi connectivity index (χ1n) is 6.43. The minimum Gasteiger partial charge on any atom is -0.496 e. The van der Waals surface area contributed by atoms with Gasteiger partial charge in [-0.05, 0) is 24.5 Å². The number of hydrogen-bond acceptors (Lipinski definition) is 2. The van der Waals surface area contributed by atoms with Gasteiger partial charge >= 0.3 is 0 Å². The molecule has 0 aromatic heterocycles. The summed E-state index contributed by atoms with van der Waals surface area (Å²) in [5.41, 5.74) is 1.05. The standard InChI is InChI=1S/C14H20ClN3O.HI/c1-9-6-12(9)18-14(16-2)17-8-10-4-5-11(15)7-13(10)19-3;/h4-5,7,9,12H,6,8H2,1-3H3,(H2,16,17,18);1H. The summed E-state index contributed by atoms with van der Waals surface area (Å²) in [6.07, 6.45) is 1.21. The smallest absolute Gasteiger partial charge is 0.191 e. The largest absolute Gasteiger partial charge is 0.496 e. The SMILES string of the molecule is CN=C(NCc1ccc(Cl)cc1OC)NC1CC1C.I. The fourth-order valence-electron chi connectivity index (χ4n) is 1.94. The normalized spacial score (nSPS) is 20.9. The van der Waals surface area contributed by atoms with Crippen LogP contribution in [0.1, 0.15) is 18.9 Å². The number of rotatable bonds is 4. The van der Waals surface area contributed by atoms with Crippen molar-refractivity contribution < 1.29 is 4.74 Å². The van der Waals surface area contributed by atoms with E-state index in [2.05, 4.69) is 22.5 Å². The zero-order chi connectivity index (χ0) is 13.8.